The van der Waals surface area contributed by atoms with Crippen molar-refractivity contribution in [3.63, 3.8) is 0 Å². The Kier molecular flexibility index (Phi) is 8.08. The zero-order valence-electron chi connectivity index (χ0n) is 14.4. The summed E-state index contributed by atoms with van der Waals surface area (Å²) in [5.41, 5.74) is 0.302. The predicted octanol–water partition coefficient (Wildman–Crippen LogP) is 3.29. The monoisotopic (exact) mass is 284 g/mol. The summed E-state index contributed by atoms with van der Waals surface area (Å²) in [5.74, 6) is 0.828. The van der Waals surface area contributed by atoms with E-state index in [2.05, 4.69) is 45.0 Å². The SMILES string of the molecule is CCN(CC)C(CC)(CC)C(CC1CCOCC1)NC. The Labute approximate surface area is 126 Å². The van der Waals surface area contributed by atoms with Crippen LogP contribution in [0.4, 0.5) is 0 Å². The van der Waals surface area contributed by atoms with Gasteiger partial charge in [-0.15, -0.1) is 0 Å². The smallest absolute Gasteiger partial charge is 0.0468 e. The van der Waals surface area contributed by atoms with Gasteiger partial charge in [0.05, 0.1) is 0 Å². The molecule has 0 radical (unpaired) electrons. The van der Waals surface area contributed by atoms with E-state index in [-0.39, 0.29) is 0 Å². The highest BCUT2D eigenvalue weighted by Gasteiger charge is 2.40. The molecule has 0 aromatic heterocycles. The van der Waals surface area contributed by atoms with Gasteiger partial charge < -0.3 is 10.1 Å². The third kappa shape index (κ3) is 3.96. The van der Waals surface area contributed by atoms with Crippen LogP contribution in [0.2, 0.25) is 0 Å². The molecular formula is C17H36N2O. The molecule has 1 aliphatic heterocycles. The Morgan fingerprint density at radius 2 is 1.65 bits per heavy atom. The van der Waals surface area contributed by atoms with E-state index in [0.29, 0.717) is 11.6 Å². The molecule has 3 heteroatoms. The second kappa shape index (κ2) is 9.01. The van der Waals surface area contributed by atoms with Gasteiger partial charge in [0, 0.05) is 24.8 Å². The van der Waals surface area contributed by atoms with Crippen LogP contribution in [-0.2, 0) is 4.74 Å². The van der Waals surface area contributed by atoms with Crippen LogP contribution in [0.15, 0.2) is 0 Å². The van der Waals surface area contributed by atoms with E-state index in [9.17, 15) is 0 Å². The van der Waals surface area contributed by atoms with Crippen LogP contribution in [0.5, 0.6) is 0 Å². The van der Waals surface area contributed by atoms with Gasteiger partial charge in [0.25, 0.3) is 0 Å². The fourth-order valence-corrected chi connectivity index (χ4v) is 4.19. The van der Waals surface area contributed by atoms with Crippen molar-refractivity contribution < 1.29 is 4.74 Å². The Hall–Kier alpha value is -0.120. The van der Waals surface area contributed by atoms with Gasteiger partial charge in [0.2, 0.25) is 0 Å². The Balaban J connectivity index is 2.83. The highest BCUT2D eigenvalue weighted by atomic mass is 16.5. The number of likely N-dealkylation sites (N-methyl/N-ethyl adjacent to an activating group) is 2. The first-order valence-corrected chi connectivity index (χ1v) is 8.68. The average molecular weight is 284 g/mol. The van der Waals surface area contributed by atoms with Gasteiger partial charge in [0.1, 0.15) is 0 Å². The Morgan fingerprint density at radius 1 is 1.10 bits per heavy atom. The van der Waals surface area contributed by atoms with Gasteiger partial charge in [0.15, 0.2) is 0 Å². The molecule has 1 atom stereocenters. The van der Waals surface area contributed by atoms with Crippen LogP contribution in [0, 0.1) is 5.92 Å². The maximum atomic E-state index is 5.51. The van der Waals surface area contributed by atoms with Crippen molar-refractivity contribution in [3.8, 4) is 0 Å². The lowest BCUT2D eigenvalue weighted by Crippen LogP contribution is -2.60. The van der Waals surface area contributed by atoms with Crippen molar-refractivity contribution in [2.24, 2.45) is 5.92 Å². The van der Waals surface area contributed by atoms with Gasteiger partial charge in [-0.25, -0.2) is 0 Å². The van der Waals surface area contributed by atoms with E-state index >= 15 is 0 Å². The maximum absolute atomic E-state index is 5.51. The van der Waals surface area contributed by atoms with Gasteiger partial charge in [-0.3, -0.25) is 4.90 Å². The summed E-state index contributed by atoms with van der Waals surface area (Å²) in [6, 6.07) is 0.584. The second-order valence-electron chi connectivity index (χ2n) is 6.12. The molecular weight excluding hydrogens is 248 g/mol. The summed E-state index contributed by atoms with van der Waals surface area (Å²) in [5, 5.41) is 3.66. The van der Waals surface area contributed by atoms with E-state index in [1.54, 1.807) is 0 Å². The zero-order valence-corrected chi connectivity index (χ0v) is 14.4. The van der Waals surface area contributed by atoms with Gasteiger partial charge in [-0.1, -0.05) is 27.7 Å². The summed E-state index contributed by atoms with van der Waals surface area (Å²) >= 11 is 0. The molecule has 0 aromatic carbocycles. The lowest BCUT2D eigenvalue weighted by atomic mass is 9.77. The molecule has 0 saturated carbocycles. The van der Waals surface area contributed by atoms with Gasteiger partial charge in [-0.05, 0) is 58.2 Å². The minimum atomic E-state index is 0.302. The van der Waals surface area contributed by atoms with Crippen molar-refractivity contribution in [2.45, 2.75) is 71.4 Å². The van der Waals surface area contributed by atoms with Crippen LogP contribution in [0.3, 0.4) is 0 Å². The summed E-state index contributed by atoms with van der Waals surface area (Å²) < 4.78 is 5.51. The average Bonchev–Trinajstić information content (AvgIpc) is 2.51. The normalized spacial score (nSPS) is 19.5. The van der Waals surface area contributed by atoms with Crippen molar-refractivity contribution in [1.82, 2.24) is 10.2 Å². The number of nitrogens with zero attached hydrogens (tertiary/aromatic N) is 1. The quantitative estimate of drug-likeness (QED) is 0.703. The molecule has 0 aromatic rings. The topological polar surface area (TPSA) is 24.5 Å². The fourth-order valence-electron chi connectivity index (χ4n) is 4.19. The standard InChI is InChI=1S/C17H36N2O/c1-6-17(7-2,19(8-3)9-4)16(18-5)14-15-10-12-20-13-11-15/h15-16,18H,6-14H2,1-5H3. The molecule has 1 aliphatic rings. The molecule has 0 aliphatic carbocycles. The molecule has 1 N–H and O–H groups in total. The number of rotatable bonds is 9. The van der Waals surface area contributed by atoms with E-state index in [4.69, 9.17) is 4.74 Å². The summed E-state index contributed by atoms with van der Waals surface area (Å²) in [4.78, 5) is 2.67. The minimum absolute atomic E-state index is 0.302. The third-order valence-electron chi connectivity index (χ3n) is 5.52. The number of hydrogen-bond donors (Lipinski definition) is 1. The lowest BCUT2D eigenvalue weighted by Gasteiger charge is -2.49. The van der Waals surface area contributed by atoms with Crippen LogP contribution >= 0.6 is 0 Å². The number of ether oxygens (including phenoxy) is 1. The van der Waals surface area contributed by atoms with E-state index in [0.717, 1.165) is 32.2 Å². The van der Waals surface area contributed by atoms with Crippen molar-refractivity contribution in [2.75, 3.05) is 33.4 Å². The first kappa shape index (κ1) is 17.9. The summed E-state index contributed by atoms with van der Waals surface area (Å²) in [6.45, 7) is 13.5. The zero-order chi connectivity index (χ0) is 15.0. The van der Waals surface area contributed by atoms with E-state index in [1.165, 1.54) is 32.1 Å². The molecule has 1 heterocycles. The molecule has 1 fully saturated rings. The highest BCUT2D eigenvalue weighted by molar-refractivity contribution is 4.99. The molecule has 1 unspecified atom stereocenters. The van der Waals surface area contributed by atoms with Gasteiger partial charge >= 0.3 is 0 Å². The summed E-state index contributed by atoms with van der Waals surface area (Å²) in [6.07, 6.45) is 6.21. The van der Waals surface area contributed by atoms with Crippen LogP contribution in [0.1, 0.15) is 59.8 Å². The number of hydrogen-bond acceptors (Lipinski definition) is 3. The number of nitrogens with one attached hydrogen (secondary N) is 1. The van der Waals surface area contributed by atoms with Crippen LogP contribution < -0.4 is 5.32 Å². The fraction of sp³-hybridized carbons (Fsp3) is 1.00. The molecule has 1 saturated heterocycles. The molecule has 0 bridgehead atoms. The van der Waals surface area contributed by atoms with E-state index in [1.807, 2.05) is 0 Å². The Morgan fingerprint density at radius 3 is 2.05 bits per heavy atom. The molecule has 20 heavy (non-hydrogen) atoms. The third-order valence-corrected chi connectivity index (χ3v) is 5.52. The van der Waals surface area contributed by atoms with Crippen LogP contribution in [-0.4, -0.2) is 49.8 Å². The largest absolute Gasteiger partial charge is 0.381 e. The van der Waals surface area contributed by atoms with Crippen LogP contribution in [0.25, 0.3) is 0 Å². The highest BCUT2D eigenvalue weighted by Crippen LogP contribution is 2.33. The first-order valence-electron chi connectivity index (χ1n) is 8.68. The van der Waals surface area contributed by atoms with Crippen molar-refractivity contribution >= 4 is 0 Å². The lowest BCUT2D eigenvalue weighted by molar-refractivity contribution is 0.0216. The van der Waals surface area contributed by atoms with Crippen molar-refractivity contribution in [1.29, 1.82) is 0 Å². The molecule has 0 amide bonds. The first-order chi connectivity index (χ1) is 9.68. The molecule has 120 valence electrons. The van der Waals surface area contributed by atoms with Gasteiger partial charge in [-0.2, -0.15) is 0 Å². The second-order valence-corrected chi connectivity index (χ2v) is 6.12. The molecule has 0 spiro atoms. The predicted molar refractivity (Wildman–Crippen MR) is 87.2 cm³/mol. The maximum Gasteiger partial charge on any atom is 0.0468 e. The summed E-state index contributed by atoms with van der Waals surface area (Å²) in [7, 11) is 2.15. The van der Waals surface area contributed by atoms with Crippen molar-refractivity contribution in [3.05, 3.63) is 0 Å². The van der Waals surface area contributed by atoms with E-state index < -0.39 is 0 Å². The molecule has 1 rings (SSSR count). The minimum Gasteiger partial charge on any atom is -0.381 e. The molecule has 3 nitrogen and oxygen atoms in total. The Bertz CT molecular complexity index is 243.